The topological polar surface area (TPSA) is 114 Å². The summed E-state index contributed by atoms with van der Waals surface area (Å²) in [5.74, 6) is -3.31. The van der Waals surface area contributed by atoms with E-state index in [0.29, 0.717) is 42.1 Å². The number of nitriles is 1. The molecule has 3 aliphatic rings. The average Bonchev–Trinajstić information content (AvgIpc) is 3.39. The zero-order valence-corrected chi connectivity index (χ0v) is 21.0. The molecular formula is C27H35N5O4. The lowest BCUT2D eigenvalue weighted by Gasteiger charge is -2.36. The van der Waals surface area contributed by atoms with E-state index < -0.39 is 47.6 Å². The van der Waals surface area contributed by atoms with Gasteiger partial charge in [0, 0.05) is 42.8 Å². The van der Waals surface area contributed by atoms with Crippen LogP contribution < -0.4 is 5.32 Å². The molecule has 1 N–H and O–H groups in total. The first-order valence-corrected chi connectivity index (χ1v) is 12.4. The Morgan fingerprint density at radius 3 is 2.58 bits per heavy atom. The summed E-state index contributed by atoms with van der Waals surface area (Å²) in [4.78, 5) is 57.1. The van der Waals surface area contributed by atoms with E-state index >= 15 is 0 Å². The Morgan fingerprint density at radius 1 is 1.25 bits per heavy atom. The molecule has 3 aliphatic heterocycles. The lowest BCUT2D eigenvalue weighted by atomic mass is 9.80. The summed E-state index contributed by atoms with van der Waals surface area (Å²) in [6.45, 7) is 2.86. The van der Waals surface area contributed by atoms with Crippen molar-refractivity contribution in [3.63, 3.8) is 0 Å². The van der Waals surface area contributed by atoms with Crippen LogP contribution in [0.3, 0.4) is 0 Å². The third kappa shape index (κ3) is 4.57. The van der Waals surface area contributed by atoms with Crippen molar-refractivity contribution in [3.05, 3.63) is 29.8 Å². The maximum Gasteiger partial charge on any atom is 0.312 e. The number of amides is 4. The maximum absolute atomic E-state index is 14.2. The average molecular weight is 497 g/mol. The Balaban J connectivity index is 1.72. The number of benzene rings is 1. The number of likely N-dealkylation sites (N-methyl/N-ethyl adjacent to an activating group) is 1. The molecule has 3 heterocycles. The first-order chi connectivity index (χ1) is 18.2. The standard InChI is InChI=1S/C27H35N5O4/c1-26(2,3)15-21(30(4)23(34)24(35)31-12-8-5-9-13-31)22(33)32-17-27(14-18(32)16-28)19-10-6-7-11-20(19)29-25(27)36/h6-7,10-11,18,21H,5,8-9,12-15,17H2,1-4H3,(H,29,36)/t18-,21-,27-/m0/s1/i4D3. The zero-order chi connectivity index (χ0) is 28.8. The number of anilines is 1. The monoisotopic (exact) mass is 496 g/mol. The summed E-state index contributed by atoms with van der Waals surface area (Å²) in [7, 11) is 0. The number of rotatable bonds is 3. The molecule has 0 bridgehead atoms. The van der Waals surface area contributed by atoms with Crippen LogP contribution in [0.4, 0.5) is 5.69 Å². The molecule has 192 valence electrons. The van der Waals surface area contributed by atoms with E-state index in [1.165, 1.54) is 9.80 Å². The molecule has 0 unspecified atom stereocenters. The van der Waals surface area contributed by atoms with Gasteiger partial charge in [0.25, 0.3) is 0 Å². The molecule has 1 aromatic rings. The highest BCUT2D eigenvalue weighted by molar-refractivity contribution is 6.35. The third-order valence-corrected chi connectivity index (χ3v) is 7.36. The van der Waals surface area contributed by atoms with E-state index in [9.17, 15) is 24.4 Å². The van der Waals surface area contributed by atoms with Crippen molar-refractivity contribution in [2.24, 2.45) is 5.41 Å². The van der Waals surface area contributed by atoms with Gasteiger partial charge >= 0.3 is 11.8 Å². The molecule has 0 radical (unpaired) electrons. The predicted molar refractivity (Wildman–Crippen MR) is 134 cm³/mol. The normalized spacial score (nSPS) is 25.8. The lowest BCUT2D eigenvalue weighted by Crippen LogP contribution is -2.55. The molecule has 9 heteroatoms. The fourth-order valence-electron chi connectivity index (χ4n) is 5.52. The molecule has 0 saturated carbocycles. The lowest BCUT2D eigenvalue weighted by molar-refractivity contribution is -0.156. The zero-order valence-electron chi connectivity index (χ0n) is 24.0. The number of para-hydroxylation sites is 1. The minimum absolute atomic E-state index is 0.0365. The van der Waals surface area contributed by atoms with Crippen LogP contribution in [0.2, 0.25) is 0 Å². The van der Waals surface area contributed by atoms with Crippen LogP contribution >= 0.6 is 0 Å². The Bertz CT molecular complexity index is 1210. The summed E-state index contributed by atoms with van der Waals surface area (Å²) < 4.78 is 24.5. The van der Waals surface area contributed by atoms with Gasteiger partial charge in [-0.3, -0.25) is 19.2 Å². The van der Waals surface area contributed by atoms with Gasteiger partial charge in [-0.2, -0.15) is 5.26 Å². The fourth-order valence-corrected chi connectivity index (χ4v) is 5.52. The van der Waals surface area contributed by atoms with Gasteiger partial charge in [0.05, 0.1) is 11.5 Å². The van der Waals surface area contributed by atoms with Gasteiger partial charge in [0.15, 0.2) is 0 Å². The number of hydrogen-bond acceptors (Lipinski definition) is 5. The summed E-state index contributed by atoms with van der Waals surface area (Å²) in [6.07, 6.45) is 2.30. The van der Waals surface area contributed by atoms with E-state index in [1.807, 2.05) is 0 Å². The Kier molecular flexibility index (Phi) is 5.80. The Labute approximate surface area is 216 Å². The minimum atomic E-state index is -3.09. The molecule has 1 aromatic carbocycles. The predicted octanol–water partition coefficient (Wildman–Crippen LogP) is 2.28. The molecule has 4 amide bonds. The van der Waals surface area contributed by atoms with Gasteiger partial charge < -0.3 is 20.0 Å². The fraction of sp³-hybridized carbons (Fsp3) is 0.593. The Morgan fingerprint density at radius 2 is 1.94 bits per heavy atom. The number of likely N-dealkylation sites (tertiary alicyclic amines) is 2. The van der Waals surface area contributed by atoms with Crippen molar-refractivity contribution in [2.75, 3.05) is 31.9 Å². The van der Waals surface area contributed by atoms with Gasteiger partial charge in [-0.25, -0.2) is 0 Å². The van der Waals surface area contributed by atoms with Crippen LogP contribution in [-0.2, 0) is 24.6 Å². The highest BCUT2D eigenvalue weighted by Gasteiger charge is 2.57. The van der Waals surface area contributed by atoms with Gasteiger partial charge in [-0.15, -0.1) is 0 Å². The Hall–Kier alpha value is -3.41. The molecular weight excluding hydrogens is 458 g/mol. The van der Waals surface area contributed by atoms with Crippen molar-refractivity contribution in [1.82, 2.24) is 14.7 Å². The maximum atomic E-state index is 14.2. The molecule has 9 nitrogen and oxygen atoms in total. The molecule has 36 heavy (non-hydrogen) atoms. The summed E-state index contributed by atoms with van der Waals surface area (Å²) in [5.41, 5.74) is -0.514. The van der Waals surface area contributed by atoms with Gasteiger partial charge in [0.1, 0.15) is 12.1 Å². The molecule has 3 atom stereocenters. The summed E-state index contributed by atoms with van der Waals surface area (Å²) in [6, 6.07) is 6.61. The van der Waals surface area contributed by atoms with Gasteiger partial charge in [-0.05, 0) is 42.7 Å². The number of nitrogens with zero attached hydrogens (tertiary/aromatic N) is 4. The van der Waals surface area contributed by atoms with E-state index in [2.05, 4.69) is 11.4 Å². The number of carbonyl (C=O) groups excluding carboxylic acids is 4. The number of carbonyl (C=O) groups is 4. The van der Waals surface area contributed by atoms with Gasteiger partial charge in [0.2, 0.25) is 11.8 Å². The highest BCUT2D eigenvalue weighted by atomic mass is 16.2. The second-order valence-corrected chi connectivity index (χ2v) is 11.2. The highest BCUT2D eigenvalue weighted by Crippen LogP contribution is 2.46. The molecule has 0 aromatic heterocycles. The van der Waals surface area contributed by atoms with E-state index in [-0.39, 0.29) is 25.3 Å². The first kappa shape index (κ1) is 21.8. The van der Waals surface area contributed by atoms with E-state index in [0.717, 1.165) is 6.42 Å². The van der Waals surface area contributed by atoms with Crippen LogP contribution in [0.5, 0.6) is 0 Å². The second kappa shape index (κ2) is 9.57. The van der Waals surface area contributed by atoms with E-state index in [1.54, 1.807) is 45.0 Å². The molecule has 4 rings (SSSR count). The summed E-state index contributed by atoms with van der Waals surface area (Å²) >= 11 is 0. The largest absolute Gasteiger partial charge is 0.334 e. The minimum Gasteiger partial charge on any atom is -0.334 e. The number of hydrogen-bond donors (Lipinski definition) is 1. The van der Waals surface area contributed by atoms with Crippen molar-refractivity contribution in [3.8, 4) is 6.07 Å². The number of piperidine rings is 1. The van der Waals surface area contributed by atoms with Crippen LogP contribution in [0, 0.1) is 16.7 Å². The van der Waals surface area contributed by atoms with Crippen LogP contribution in [0.15, 0.2) is 24.3 Å². The smallest absolute Gasteiger partial charge is 0.312 e. The number of nitrogens with one attached hydrogen (secondary N) is 1. The quantitative estimate of drug-likeness (QED) is 0.645. The first-order valence-electron chi connectivity index (χ1n) is 13.9. The van der Waals surface area contributed by atoms with Crippen LogP contribution in [0.25, 0.3) is 0 Å². The van der Waals surface area contributed by atoms with E-state index in [4.69, 9.17) is 4.11 Å². The van der Waals surface area contributed by atoms with Crippen LogP contribution in [0.1, 0.15) is 62.6 Å². The van der Waals surface area contributed by atoms with Crippen LogP contribution in [-0.4, -0.2) is 77.0 Å². The SMILES string of the molecule is [2H]C([2H])([2H])N(C(=O)C(=O)N1CCCCC1)[C@@H](CC(C)(C)C)C(=O)N1C[C@]2(C[C@H]1C#N)C(=O)Nc1ccccc12. The third-order valence-electron chi connectivity index (χ3n) is 7.36. The molecule has 2 fully saturated rings. The van der Waals surface area contributed by atoms with Crippen molar-refractivity contribution in [1.29, 1.82) is 5.26 Å². The molecule has 1 spiro atoms. The molecule has 2 saturated heterocycles. The molecule has 0 aliphatic carbocycles. The van der Waals surface area contributed by atoms with Gasteiger partial charge in [-0.1, -0.05) is 39.0 Å². The second-order valence-electron chi connectivity index (χ2n) is 11.2. The summed E-state index contributed by atoms with van der Waals surface area (Å²) in [5, 5.41) is 12.8. The number of fused-ring (bicyclic) bond motifs is 2. The van der Waals surface area contributed by atoms with Crippen molar-refractivity contribution >= 4 is 29.3 Å². The van der Waals surface area contributed by atoms with Crippen molar-refractivity contribution in [2.45, 2.75) is 70.4 Å². The van der Waals surface area contributed by atoms with Crippen molar-refractivity contribution < 1.29 is 23.3 Å².